The molecule has 3 unspecified atom stereocenters. The fraction of sp³-hybridized carbons (Fsp3) is 0.636. The van der Waals surface area contributed by atoms with E-state index in [1.807, 2.05) is 12.3 Å². The molecule has 2 N–H and O–H groups in total. The van der Waals surface area contributed by atoms with Crippen LogP contribution in [0, 0.1) is 0 Å². The summed E-state index contributed by atoms with van der Waals surface area (Å²) >= 11 is 5.11. The maximum Gasteiger partial charge on any atom is 0.134 e. The Balaban J connectivity index is 2.57. The van der Waals surface area contributed by atoms with Crippen molar-refractivity contribution in [2.24, 2.45) is 0 Å². The van der Waals surface area contributed by atoms with Crippen molar-refractivity contribution in [3.8, 4) is 0 Å². The van der Waals surface area contributed by atoms with E-state index in [0.29, 0.717) is 0 Å². The summed E-state index contributed by atoms with van der Waals surface area (Å²) in [6.45, 7) is 4.31. The fourth-order valence-electron chi connectivity index (χ4n) is 1.63. The van der Waals surface area contributed by atoms with Crippen molar-refractivity contribution in [2.75, 3.05) is 12.9 Å². The van der Waals surface area contributed by atoms with Crippen molar-refractivity contribution >= 4 is 27.7 Å². The van der Waals surface area contributed by atoms with E-state index in [4.69, 9.17) is 4.42 Å². The van der Waals surface area contributed by atoms with Gasteiger partial charge in [0.1, 0.15) is 5.76 Å². The number of rotatable bonds is 6. The summed E-state index contributed by atoms with van der Waals surface area (Å²) in [6.07, 6.45) is 3.67. The highest BCUT2D eigenvalue weighted by Crippen LogP contribution is 2.25. The van der Waals surface area contributed by atoms with Crippen LogP contribution >= 0.6 is 27.7 Å². The van der Waals surface area contributed by atoms with Gasteiger partial charge in [0.05, 0.1) is 23.4 Å². The third-order valence-electron chi connectivity index (χ3n) is 2.59. The molecule has 0 radical (unpaired) electrons. The monoisotopic (exact) mass is 307 g/mol. The van der Waals surface area contributed by atoms with E-state index in [2.05, 4.69) is 35.1 Å². The second kappa shape index (κ2) is 6.69. The average Bonchev–Trinajstić information content (AvgIpc) is 2.66. The Bertz CT molecular complexity index is 315. The molecule has 3 atom stereocenters. The molecule has 1 aromatic heterocycles. The molecule has 92 valence electrons. The summed E-state index contributed by atoms with van der Waals surface area (Å²) in [4.78, 5) is 0. The van der Waals surface area contributed by atoms with E-state index in [1.54, 1.807) is 18.0 Å². The lowest BCUT2D eigenvalue weighted by molar-refractivity contribution is 0.268. The van der Waals surface area contributed by atoms with Crippen LogP contribution in [0.1, 0.15) is 25.6 Å². The molecule has 0 amide bonds. The third-order valence-corrected chi connectivity index (χ3v) is 4.41. The number of aliphatic hydroxyl groups is 1. The molecule has 0 aliphatic carbocycles. The zero-order valence-corrected chi connectivity index (χ0v) is 12.1. The van der Waals surface area contributed by atoms with Gasteiger partial charge in [0, 0.05) is 11.3 Å². The van der Waals surface area contributed by atoms with Crippen molar-refractivity contribution in [1.82, 2.24) is 5.32 Å². The summed E-state index contributed by atoms with van der Waals surface area (Å²) in [7, 11) is 0. The topological polar surface area (TPSA) is 45.4 Å². The van der Waals surface area contributed by atoms with Crippen molar-refractivity contribution in [1.29, 1.82) is 0 Å². The molecule has 0 fully saturated rings. The zero-order chi connectivity index (χ0) is 12.1. The third kappa shape index (κ3) is 3.52. The van der Waals surface area contributed by atoms with Crippen molar-refractivity contribution in [2.45, 2.75) is 31.2 Å². The zero-order valence-electron chi connectivity index (χ0n) is 9.74. The molecule has 0 saturated carbocycles. The molecule has 0 spiro atoms. The second-order valence-electron chi connectivity index (χ2n) is 3.77. The minimum absolute atomic E-state index is 0.126. The minimum atomic E-state index is 0.126. The lowest BCUT2D eigenvalue weighted by Gasteiger charge is -2.24. The average molecular weight is 308 g/mol. The van der Waals surface area contributed by atoms with Crippen LogP contribution in [0.15, 0.2) is 21.2 Å². The lowest BCUT2D eigenvalue weighted by Crippen LogP contribution is -2.38. The Kier molecular flexibility index (Phi) is 5.89. The maximum atomic E-state index is 9.20. The number of thioether (sulfide) groups is 1. The summed E-state index contributed by atoms with van der Waals surface area (Å²) in [5.74, 6) is 0.893. The van der Waals surface area contributed by atoms with Gasteiger partial charge in [-0.1, -0.05) is 0 Å². The Morgan fingerprint density at radius 3 is 2.69 bits per heavy atom. The summed E-state index contributed by atoms with van der Waals surface area (Å²) in [5, 5.41) is 12.8. The molecule has 0 saturated heterocycles. The normalized spacial score (nSPS) is 17.1. The molecule has 0 aliphatic rings. The van der Waals surface area contributed by atoms with E-state index in [9.17, 15) is 5.11 Å². The van der Waals surface area contributed by atoms with Crippen LogP contribution in [0.5, 0.6) is 0 Å². The van der Waals surface area contributed by atoms with Gasteiger partial charge in [-0.05, 0) is 42.1 Å². The number of furan rings is 1. The molecule has 1 heterocycles. The molecular weight excluding hydrogens is 290 g/mol. The van der Waals surface area contributed by atoms with Crippen molar-refractivity contribution in [3.63, 3.8) is 0 Å². The molecule has 0 aliphatic heterocycles. The highest BCUT2D eigenvalue weighted by molar-refractivity contribution is 9.10. The van der Waals surface area contributed by atoms with Gasteiger partial charge < -0.3 is 14.8 Å². The van der Waals surface area contributed by atoms with Gasteiger partial charge in [0.15, 0.2) is 0 Å². The molecule has 3 nitrogen and oxygen atoms in total. The van der Waals surface area contributed by atoms with E-state index in [0.717, 1.165) is 10.2 Å². The number of hydrogen-bond donors (Lipinski definition) is 2. The second-order valence-corrected chi connectivity index (χ2v) is 5.70. The summed E-state index contributed by atoms with van der Waals surface area (Å²) in [5.41, 5.74) is 0. The van der Waals surface area contributed by atoms with E-state index >= 15 is 0 Å². The minimum Gasteiger partial charge on any atom is -0.466 e. The molecule has 1 rings (SSSR count). The molecule has 0 bridgehead atoms. The van der Waals surface area contributed by atoms with Crippen LogP contribution in [-0.4, -0.2) is 29.3 Å². The van der Waals surface area contributed by atoms with Gasteiger partial charge >= 0.3 is 0 Å². The van der Waals surface area contributed by atoms with Gasteiger partial charge in [-0.25, -0.2) is 0 Å². The highest BCUT2D eigenvalue weighted by Gasteiger charge is 2.20. The van der Waals surface area contributed by atoms with E-state index in [1.165, 1.54) is 0 Å². The highest BCUT2D eigenvalue weighted by atomic mass is 79.9. The van der Waals surface area contributed by atoms with E-state index < -0.39 is 0 Å². The predicted octanol–water partition coefficient (Wildman–Crippen LogP) is 2.81. The first kappa shape index (κ1) is 14.1. The molecule has 5 heteroatoms. The van der Waals surface area contributed by atoms with Gasteiger partial charge in [-0.15, -0.1) is 0 Å². The first-order valence-corrected chi connectivity index (χ1v) is 7.30. The Hall–Kier alpha value is 0.0300. The quantitative estimate of drug-likeness (QED) is 0.848. The van der Waals surface area contributed by atoms with Crippen LogP contribution in [0.2, 0.25) is 0 Å². The number of nitrogens with one attached hydrogen (secondary N) is 1. The Labute approximate surface area is 109 Å². The van der Waals surface area contributed by atoms with Crippen LogP contribution in [-0.2, 0) is 0 Å². The first-order chi connectivity index (χ1) is 7.60. The predicted molar refractivity (Wildman–Crippen MR) is 71.8 cm³/mol. The SMILES string of the molecule is CSC(CO)C(C)NC(C)c1occc1Br. The molecule has 0 aromatic carbocycles. The number of aliphatic hydroxyl groups excluding tert-OH is 1. The van der Waals surface area contributed by atoms with Gasteiger partial charge in [0.25, 0.3) is 0 Å². The van der Waals surface area contributed by atoms with Crippen molar-refractivity contribution in [3.05, 3.63) is 22.6 Å². The smallest absolute Gasteiger partial charge is 0.134 e. The van der Waals surface area contributed by atoms with Gasteiger partial charge in [0.2, 0.25) is 0 Å². The summed E-state index contributed by atoms with van der Waals surface area (Å²) < 4.78 is 6.37. The largest absolute Gasteiger partial charge is 0.466 e. The maximum absolute atomic E-state index is 9.20. The molecular formula is C11H18BrNO2S. The number of hydrogen-bond acceptors (Lipinski definition) is 4. The van der Waals surface area contributed by atoms with Gasteiger partial charge in [-0.3, -0.25) is 0 Å². The lowest BCUT2D eigenvalue weighted by atomic mass is 10.2. The first-order valence-electron chi connectivity index (χ1n) is 5.22. The van der Waals surface area contributed by atoms with Gasteiger partial charge in [-0.2, -0.15) is 11.8 Å². The van der Waals surface area contributed by atoms with Crippen LogP contribution < -0.4 is 5.32 Å². The molecule has 16 heavy (non-hydrogen) atoms. The van der Waals surface area contributed by atoms with Crippen molar-refractivity contribution < 1.29 is 9.52 Å². The standard InChI is InChI=1S/C11H18BrNO2S/c1-7(10(6-14)16-3)13-8(2)11-9(12)4-5-15-11/h4-5,7-8,10,13-14H,6H2,1-3H3. The Morgan fingerprint density at radius 1 is 1.56 bits per heavy atom. The Morgan fingerprint density at radius 2 is 2.25 bits per heavy atom. The van der Waals surface area contributed by atoms with Crippen LogP contribution in [0.3, 0.4) is 0 Å². The van der Waals surface area contributed by atoms with Crippen LogP contribution in [0.25, 0.3) is 0 Å². The van der Waals surface area contributed by atoms with E-state index in [-0.39, 0.29) is 23.9 Å². The molecule has 1 aromatic rings. The van der Waals surface area contributed by atoms with Crippen LogP contribution in [0.4, 0.5) is 0 Å². The fourth-order valence-corrected chi connectivity index (χ4v) is 2.81. The number of halogens is 1. The summed E-state index contributed by atoms with van der Waals surface area (Å²) in [6, 6.07) is 2.24.